The van der Waals surface area contributed by atoms with Gasteiger partial charge in [0, 0.05) is 44.2 Å². The summed E-state index contributed by atoms with van der Waals surface area (Å²) in [7, 11) is 0. The molecule has 6 heteroatoms. The van der Waals surface area contributed by atoms with Gasteiger partial charge in [0.2, 0.25) is 5.91 Å². The van der Waals surface area contributed by atoms with E-state index in [1.54, 1.807) is 24.3 Å². The predicted molar refractivity (Wildman–Crippen MR) is 106 cm³/mol. The van der Waals surface area contributed by atoms with Gasteiger partial charge < -0.3 is 15.1 Å². The largest absolute Gasteiger partial charge is 0.341 e. The first kappa shape index (κ1) is 18.9. The van der Waals surface area contributed by atoms with Crippen LogP contribution in [0.4, 0.5) is 0 Å². The first-order chi connectivity index (χ1) is 13.6. The first-order valence-corrected chi connectivity index (χ1v) is 10.4. The van der Waals surface area contributed by atoms with Crippen LogP contribution in [0.15, 0.2) is 24.3 Å². The Kier molecular flexibility index (Phi) is 5.36. The Morgan fingerprint density at radius 3 is 2.61 bits per heavy atom. The van der Waals surface area contributed by atoms with Crippen molar-refractivity contribution in [3.63, 3.8) is 0 Å². The molecule has 0 atom stereocenters. The third kappa shape index (κ3) is 3.77. The summed E-state index contributed by atoms with van der Waals surface area (Å²) in [6.45, 7) is 5.08. The lowest BCUT2D eigenvalue weighted by Gasteiger charge is -2.52. The van der Waals surface area contributed by atoms with Crippen molar-refractivity contribution in [3.05, 3.63) is 35.4 Å². The van der Waals surface area contributed by atoms with Crippen molar-refractivity contribution < 1.29 is 9.59 Å². The quantitative estimate of drug-likeness (QED) is 0.852. The zero-order valence-electron chi connectivity index (χ0n) is 16.3. The van der Waals surface area contributed by atoms with Gasteiger partial charge in [0.25, 0.3) is 5.91 Å². The summed E-state index contributed by atoms with van der Waals surface area (Å²) in [5.41, 5.74) is 1.35. The van der Waals surface area contributed by atoms with Gasteiger partial charge in [0.15, 0.2) is 0 Å². The summed E-state index contributed by atoms with van der Waals surface area (Å²) in [6.07, 6.45) is 4.93. The third-order valence-corrected chi connectivity index (χ3v) is 6.71. The van der Waals surface area contributed by atoms with Gasteiger partial charge in [-0.3, -0.25) is 9.59 Å². The Bertz CT molecular complexity index is 776. The molecule has 0 aromatic heterocycles. The normalized spacial score (nSPS) is 22.2. The number of benzene rings is 1. The van der Waals surface area contributed by atoms with Crippen molar-refractivity contribution in [3.8, 4) is 6.07 Å². The Balaban J connectivity index is 1.29. The molecule has 148 valence electrons. The monoisotopic (exact) mass is 380 g/mol. The maximum absolute atomic E-state index is 12.8. The van der Waals surface area contributed by atoms with Gasteiger partial charge in [-0.15, -0.1) is 0 Å². The van der Waals surface area contributed by atoms with E-state index in [0.717, 1.165) is 71.4 Å². The molecular weight excluding hydrogens is 352 g/mol. The molecule has 3 aliphatic rings. The maximum atomic E-state index is 12.8. The van der Waals surface area contributed by atoms with Crippen LogP contribution in [0.25, 0.3) is 0 Å². The predicted octanol–water partition coefficient (Wildman–Crippen LogP) is 2.01. The van der Waals surface area contributed by atoms with Crippen LogP contribution < -0.4 is 5.32 Å². The number of piperidine rings is 1. The third-order valence-electron chi connectivity index (χ3n) is 6.71. The second kappa shape index (κ2) is 7.92. The highest BCUT2D eigenvalue weighted by Gasteiger charge is 2.49. The van der Waals surface area contributed by atoms with Crippen LogP contribution in [-0.2, 0) is 4.79 Å². The zero-order valence-corrected chi connectivity index (χ0v) is 16.3. The molecule has 4 rings (SSSR count). The van der Waals surface area contributed by atoms with Gasteiger partial charge in [-0.2, -0.15) is 5.26 Å². The average molecular weight is 380 g/mol. The fourth-order valence-electron chi connectivity index (χ4n) is 4.98. The van der Waals surface area contributed by atoms with Crippen LogP contribution in [0.3, 0.4) is 0 Å². The topological polar surface area (TPSA) is 76.4 Å². The summed E-state index contributed by atoms with van der Waals surface area (Å²) in [6, 6.07) is 9.02. The Hall–Kier alpha value is -2.39. The second-order valence-corrected chi connectivity index (χ2v) is 8.52. The minimum atomic E-state index is 0.0102. The van der Waals surface area contributed by atoms with Gasteiger partial charge in [-0.1, -0.05) is 6.07 Å². The molecule has 1 spiro atoms. The van der Waals surface area contributed by atoms with Crippen LogP contribution in [0, 0.1) is 22.7 Å². The molecule has 1 aliphatic carbocycles. The summed E-state index contributed by atoms with van der Waals surface area (Å²) < 4.78 is 0. The van der Waals surface area contributed by atoms with E-state index in [4.69, 9.17) is 5.26 Å². The number of rotatable bonds is 2. The lowest BCUT2D eigenvalue weighted by Crippen LogP contribution is -2.53. The van der Waals surface area contributed by atoms with Crippen LogP contribution in [0.1, 0.15) is 48.0 Å². The molecule has 1 N–H and O–H groups in total. The fourth-order valence-corrected chi connectivity index (χ4v) is 4.98. The number of amides is 2. The van der Waals surface area contributed by atoms with Gasteiger partial charge in [-0.25, -0.2) is 0 Å². The number of carbonyl (C=O) groups excluding carboxylic acids is 2. The van der Waals surface area contributed by atoms with Gasteiger partial charge in [-0.05, 0) is 62.3 Å². The fraction of sp³-hybridized carbons (Fsp3) is 0.591. The molecule has 0 radical (unpaired) electrons. The molecule has 1 saturated carbocycles. The molecule has 1 aromatic rings. The Labute approximate surface area is 166 Å². The molecule has 0 bridgehead atoms. The van der Waals surface area contributed by atoms with Crippen LogP contribution in [-0.4, -0.2) is 60.9 Å². The molecule has 6 nitrogen and oxygen atoms in total. The number of nitrogens with one attached hydrogen (secondary N) is 1. The lowest BCUT2D eigenvalue weighted by molar-refractivity contribution is -0.145. The Morgan fingerprint density at radius 2 is 1.86 bits per heavy atom. The van der Waals surface area contributed by atoms with Crippen LogP contribution in [0.5, 0.6) is 0 Å². The molecule has 2 saturated heterocycles. The van der Waals surface area contributed by atoms with Crippen molar-refractivity contribution in [1.29, 1.82) is 5.26 Å². The maximum Gasteiger partial charge on any atom is 0.253 e. The minimum Gasteiger partial charge on any atom is -0.341 e. The molecule has 28 heavy (non-hydrogen) atoms. The van der Waals surface area contributed by atoms with E-state index in [9.17, 15) is 9.59 Å². The molecule has 3 fully saturated rings. The number of hydrogen-bond donors (Lipinski definition) is 1. The SMILES string of the molecule is N#Cc1cccc(C(=O)N2CCC3(CC2)CC(C(=O)N2CCCNCC2)C3)c1. The molecular formula is C22H28N4O2. The standard InChI is InChI=1S/C22H28N4O2/c23-16-17-3-1-4-18(13-17)20(27)26-10-5-22(6-11-26)14-19(15-22)21(28)25-9-2-7-24-8-12-25/h1,3-4,13,19,24H,2,5-12,14-15H2. The number of likely N-dealkylation sites (tertiary alicyclic amines) is 1. The van der Waals surface area contributed by atoms with E-state index in [0.29, 0.717) is 17.0 Å². The summed E-state index contributed by atoms with van der Waals surface area (Å²) >= 11 is 0. The van der Waals surface area contributed by atoms with Crippen molar-refractivity contribution in [2.45, 2.75) is 32.1 Å². The highest BCUT2D eigenvalue weighted by molar-refractivity contribution is 5.94. The van der Waals surface area contributed by atoms with E-state index >= 15 is 0 Å². The van der Waals surface area contributed by atoms with Gasteiger partial charge in [0.05, 0.1) is 11.6 Å². The molecule has 2 amide bonds. The highest BCUT2D eigenvalue weighted by atomic mass is 16.2. The minimum absolute atomic E-state index is 0.0102. The number of carbonyl (C=O) groups is 2. The van der Waals surface area contributed by atoms with Crippen molar-refractivity contribution in [1.82, 2.24) is 15.1 Å². The lowest BCUT2D eigenvalue weighted by atomic mass is 9.57. The van der Waals surface area contributed by atoms with E-state index < -0.39 is 0 Å². The van der Waals surface area contributed by atoms with Crippen molar-refractivity contribution in [2.75, 3.05) is 39.3 Å². The molecule has 2 aliphatic heterocycles. The smallest absolute Gasteiger partial charge is 0.253 e. The first-order valence-electron chi connectivity index (χ1n) is 10.4. The number of nitrogens with zero attached hydrogens (tertiary/aromatic N) is 3. The second-order valence-electron chi connectivity index (χ2n) is 8.52. The van der Waals surface area contributed by atoms with Crippen LogP contribution >= 0.6 is 0 Å². The van der Waals surface area contributed by atoms with E-state index in [1.807, 2.05) is 9.80 Å². The number of hydrogen-bond acceptors (Lipinski definition) is 4. The van der Waals surface area contributed by atoms with Crippen LogP contribution in [0.2, 0.25) is 0 Å². The zero-order chi connectivity index (χ0) is 19.6. The van der Waals surface area contributed by atoms with Gasteiger partial charge >= 0.3 is 0 Å². The van der Waals surface area contributed by atoms with E-state index in [1.165, 1.54) is 0 Å². The molecule has 0 unspecified atom stereocenters. The Morgan fingerprint density at radius 1 is 1.07 bits per heavy atom. The summed E-state index contributed by atoms with van der Waals surface area (Å²) in [5, 5.41) is 12.4. The van der Waals surface area contributed by atoms with Gasteiger partial charge in [0.1, 0.15) is 0 Å². The van der Waals surface area contributed by atoms with Crippen molar-refractivity contribution >= 4 is 11.8 Å². The summed E-state index contributed by atoms with van der Waals surface area (Å²) in [5.74, 6) is 0.518. The highest BCUT2D eigenvalue weighted by Crippen LogP contribution is 2.53. The molecule has 2 heterocycles. The average Bonchev–Trinajstić information content (AvgIpc) is 3.01. The van der Waals surface area contributed by atoms with Crippen molar-refractivity contribution in [2.24, 2.45) is 11.3 Å². The summed E-state index contributed by atoms with van der Waals surface area (Å²) in [4.78, 5) is 29.5. The van der Waals surface area contributed by atoms with E-state index in [2.05, 4.69) is 11.4 Å². The van der Waals surface area contributed by atoms with E-state index in [-0.39, 0.29) is 17.2 Å². The molecule has 1 aromatic carbocycles. The number of nitriles is 1.